The van der Waals surface area contributed by atoms with Gasteiger partial charge in [-0.2, -0.15) is 0 Å². The largest absolute Gasteiger partial charge is 0.378 e. The van der Waals surface area contributed by atoms with Crippen LogP contribution in [0.15, 0.2) is 55.5 Å². The lowest BCUT2D eigenvalue weighted by Gasteiger charge is -2.35. The lowest BCUT2D eigenvalue weighted by atomic mass is 10.1. The topological polar surface area (TPSA) is 69.0 Å². The van der Waals surface area contributed by atoms with E-state index in [0.29, 0.717) is 0 Å². The molecule has 0 radical (unpaired) electrons. The molecular formula is C24H31N7O. The zero-order valence-electron chi connectivity index (χ0n) is 19.0. The summed E-state index contributed by atoms with van der Waals surface area (Å²) < 4.78 is 1.95. The first-order chi connectivity index (χ1) is 15.5. The van der Waals surface area contributed by atoms with Crippen LogP contribution in [0.2, 0.25) is 0 Å². The Labute approximate surface area is 189 Å². The van der Waals surface area contributed by atoms with Crippen molar-refractivity contribution in [1.82, 2.24) is 24.2 Å². The summed E-state index contributed by atoms with van der Waals surface area (Å²) in [6, 6.07) is 7.87. The van der Waals surface area contributed by atoms with Crippen LogP contribution in [0.1, 0.15) is 6.92 Å². The van der Waals surface area contributed by atoms with Crippen LogP contribution < -0.4 is 10.2 Å². The second-order valence-electron chi connectivity index (χ2n) is 8.34. The summed E-state index contributed by atoms with van der Waals surface area (Å²) in [5.74, 6) is 0.896. The van der Waals surface area contributed by atoms with Crippen molar-refractivity contribution in [2.24, 2.45) is 0 Å². The smallest absolute Gasteiger partial charge is 0.244 e. The summed E-state index contributed by atoms with van der Waals surface area (Å²) in [6.07, 6.45) is 7.24. The molecule has 1 unspecified atom stereocenters. The van der Waals surface area contributed by atoms with Crippen LogP contribution in [0, 0.1) is 0 Å². The van der Waals surface area contributed by atoms with Gasteiger partial charge in [0.15, 0.2) is 5.65 Å². The number of rotatable bonds is 7. The van der Waals surface area contributed by atoms with Crippen LogP contribution in [-0.2, 0) is 4.79 Å². The summed E-state index contributed by atoms with van der Waals surface area (Å²) >= 11 is 0. The Morgan fingerprint density at radius 1 is 1.22 bits per heavy atom. The fourth-order valence-corrected chi connectivity index (χ4v) is 4.04. The Bertz CT molecular complexity index is 1080. The van der Waals surface area contributed by atoms with Crippen molar-refractivity contribution in [3.05, 3.63) is 55.5 Å². The number of aromatic nitrogens is 3. The third kappa shape index (κ3) is 4.45. The van der Waals surface area contributed by atoms with E-state index in [4.69, 9.17) is 4.98 Å². The van der Waals surface area contributed by atoms with Crippen molar-refractivity contribution in [1.29, 1.82) is 0 Å². The number of carbonyl (C=O) groups excluding carboxylic acids is 1. The van der Waals surface area contributed by atoms with E-state index < -0.39 is 0 Å². The molecule has 1 atom stereocenters. The van der Waals surface area contributed by atoms with Gasteiger partial charge in [-0.3, -0.25) is 19.1 Å². The highest BCUT2D eigenvalue weighted by Gasteiger charge is 2.26. The van der Waals surface area contributed by atoms with Crippen LogP contribution in [0.3, 0.4) is 0 Å². The molecule has 1 aliphatic heterocycles. The van der Waals surface area contributed by atoms with Crippen LogP contribution >= 0.6 is 0 Å². The third-order valence-corrected chi connectivity index (χ3v) is 5.88. The fourth-order valence-electron chi connectivity index (χ4n) is 4.04. The number of fused-ring (bicyclic) bond motifs is 1. The van der Waals surface area contributed by atoms with E-state index in [1.165, 1.54) is 0 Å². The molecule has 8 nitrogen and oxygen atoms in total. The predicted molar refractivity (Wildman–Crippen MR) is 129 cm³/mol. The highest BCUT2D eigenvalue weighted by atomic mass is 16.2. The molecule has 1 aliphatic rings. The molecule has 0 saturated carbocycles. The zero-order valence-corrected chi connectivity index (χ0v) is 19.0. The van der Waals surface area contributed by atoms with Gasteiger partial charge >= 0.3 is 0 Å². The number of anilines is 2. The molecule has 3 heterocycles. The summed E-state index contributed by atoms with van der Waals surface area (Å²) in [7, 11) is 4.03. The zero-order chi connectivity index (χ0) is 22.7. The van der Waals surface area contributed by atoms with Gasteiger partial charge in [0.2, 0.25) is 5.91 Å². The summed E-state index contributed by atoms with van der Waals surface area (Å²) in [4.78, 5) is 28.5. The Balaban J connectivity index is 1.57. The number of piperazine rings is 1. The van der Waals surface area contributed by atoms with Gasteiger partial charge in [0, 0.05) is 70.5 Å². The molecular weight excluding hydrogens is 402 g/mol. The minimum atomic E-state index is -0.381. The van der Waals surface area contributed by atoms with E-state index in [1.807, 2.05) is 42.6 Å². The van der Waals surface area contributed by atoms with E-state index in [1.54, 1.807) is 12.4 Å². The van der Waals surface area contributed by atoms with Crippen LogP contribution in [-0.4, -0.2) is 82.9 Å². The number of nitrogens with zero attached hydrogens (tertiary/aromatic N) is 6. The minimum Gasteiger partial charge on any atom is -0.378 e. The molecule has 8 heteroatoms. The lowest BCUT2D eigenvalue weighted by Crippen LogP contribution is -2.52. The highest BCUT2D eigenvalue weighted by molar-refractivity contribution is 5.86. The molecule has 1 N–H and O–H groups in total. The number of imidazole rings is 1. The molecule has 168 valence electrons. The van der Waals surface area contributed by atoms with Crippen molar-refractivity contribution in [3.8, 4) is 11.3 Å². The van der Waals surface area contributed by atoms with Gasteiger partial charge in [-0.05, 0) is 19.1 Å². The molecule has 0 aliphatic carbocycles. The van der Waals surface area contributed by atoms with Gasteiger partial charge in [0.05, 0.1) is 6.20 Å². The van der Waals surface area contributed by atoms with Crippen LogP contribution in [0.4, 0.5) is 11.5 Å². The van der Waals surface area contributed by atoms with Crippen molar-refractivity contribution in [2.75, 3.05) is 57.0 Å². The quantitative estimate of drug-likeness (QED) is 0.578. The van der Waals surface area contributed by atoms with E-state index >= 15 is 0 Å². The maximum absolute atomic E-state index is 13.2. The molecule has 32 heavy (non-hydrogen) atoms. The number of nitrogens with one attached hydrogen (secondary N) is 1. The third-order valence-electron chi connectivity index (χ3n) is 5.88. The molecule has 4 rings (SSSR count). The first-order valence-corrected chi connectivity index (χ1v) is 11.0. The summed E-state index contributed by atoms with van der Waals surface area (Å²) in [6.45, 7) is 9.78. The Hall–Kier alpha value is -3.39. The molecule has 3 aromatic rings. The summed E-state index contributed by atoms with van der Waals surface area (Å²) in [5.41, 5.74) is 3.64. The fraction of sp³-hybridized carbons (Fsp3) is 0.375. The average Bonchev–Trinajstić information content (AvgIpc) is 3.17. The van der Waals surface area contributed by atoms with Gasteiger partial charge in [0.1, 0.15) is 17.6 Å². The van der Waals surface area contributed by atoms with E-state index in [9.17, 15) is 4.79 Å². The normalized spacial score (nSPS) is 15.5. The van der Waals surface area contributed by atoms with Gasteiger partial charge in [-0.1, -0.05) is 18.2 Å². The van der Waals surface area contributed by atoms with E-state index in [0.717, 1.165) is 61.1 Å². The van der Waals surface area contributed by atoms with Crippen LogP contribution in [0.5, 0.6) is 0 Å². The van der Waals surface area contributed by atoms with E-state index in [-0.39, 0.29) is 11.9 Å². The van der Waals surface area contributed by atoms with E-state index in [2.05, 4.69) is 50.9 Å². The molecule has 2 aromatic heterocycles. The van der Waals surface area contributed by atoms with Crippen molar-refractivity contribution < 1.29 is 4.79 Å². The highest BCUT2D eigenvalue weighted by Crippen LogP contribution is 2.30. The monoisotopic (exact) mass is 433 g/mol. The molecule has 1 amide bonds. The molecule has 1 aromatic carbocycles. The number of hydrogen-bond acceptors (Lipinski definition) is 6. The number of benzene rings is 1. The second-order valence-corrected chi connectivity index (χ2v) is 8.34. The van der Waals surface area contributed by atoms with Crippen molar-refractivity contribution >= 4 is 23.1 Å². The first kappa shape index (κ1) is 21.8. The molecule has 0 bridgehead atoms. The maximum atomic E-state index is 13.2. The maximum Gasteiger partial charge on any atom is 0.244 e. The number of amides is 1. The molecule has 0 spiro atoms. The van der Waals surface area contributed by atoms with Crippen LogP contribution in [0.25, 0.3) is 16.9 Å². The average molecular weight is 434 g/mol. The van der Waals surface area contributed by atoms with Gasteiger partial charge < -0.3 is 15.1 Å². The molecule has 1 fully saturated rings. The SMILES string of the molecule is C=CCN1CCN(C(=O)C(C)Nc2c(-c3ccc(N(C)C)cc3)nc3cnccn23)CC1. The van der Waals surface area contributed by atoms with Gasteiger partial charge in [0.25, 0.3) is 0 Å². The van der Waals surface area contributed by atoms with Crippen molar-refractivity contribution in [3.63, 3.8) is 0 Å². The Kier molecular flexibility index (Phi) is 6.41. The Morgan fingerprint density at radius 2 is 1.94 bits per heavy atom. The number of carbonyl (C=O) groups is 1. The Morgan fingerprint density at radius 3 is 2.59 bits per heavy atom. The minimum absolute atomic E-state index is 0.0983. The lowest BCUT2D eigenvalue weighted by molar-refractivity contribution is -0.133. The molecule has 1 saturated heterocycles. The summed E-state index contributed by atoms with van der Waals surface area (Å²) in [5, 5.41) is 3.44. The van der Waals surface area contributed by atoms with Gasteiger partial charge in [-0.25, -0.2) is 4.98 Å². The predicted octanol–water partition coefficient (Wildman–Crippen LogP) is 2.59. The van der Waals surface area contributed by atoms with Gasteiger partial charge in [-0.15, -0.1) is 6.58 Å². The first-order valence-electron chi connectivity index (χ1n) is 11.0. The second kappa shape index (κ2) is 9.40. The van der Waals surface area contributed by atoms with Crippen molar-refractivity contribution in [2.45, 2.75) is 13.0 Å². The number of hydrogen-bond donors (Lipinski definition) is 1. The standard InChI is InChI=1S/C24H31N7O/c1-5-11-29-13-15-30(16-14-29)24(32)18(2)26-23-22(27-21-17-25-10-12-31(21)23)19-6-8-20(9-7-19)28(3)4/h5-10,12,17-18,26H,1,11,13-16H2,2-4H3.